The molecule has 1 aliphatic heterocycles. The van der Waals surface area contributed by atoms with Crippen LogP contribution in [0.1, 0.15) is 16.8 Å². The highest BCUT2D eigenvalue weighted by molar-refractivity contribution is 6.30. The van der Waals surface area contributed by atoms with E-state index in [4.69, 9.17) is 25.3 Å². The van der Waals surface area contributed by atoms with E-state index in [0.717, 1.165) is 27.8 Å². The van der Waals surface area contributed by atoms with Crippen LogP contribution in [-0.4, -0.2) is 29.1 Å². The van der Waals surface area contributed by atoms with Gasteiger partial charge in [-0.1, -0.05) is 16.8 Å². The van der Waals surface area contributed by atoms with Gasteiger partial charge in [-0.3, -0.25) is 4.79 Å². The van der Waals surface area contributed by atoms with E-state index in [0.29, 0.717) is 41.6 Å². The Bertz CT molecular complexity index is 1370. The lowest BCUT2D eigenvalue weighted by molar-refractivity contribution is -0.134. The third kappa shape index (κ3) is 3.87. The van der Waals surface area contributed by atoms with Crippen LogP contribution in [0, 0.1) is 6.92 Å². The summed E-state index contributed by atoms with van der Waals surface area (Å²) in [6.45, 7) is 2.62. The molecule has 7 nitrogen and oxygen atoms in total. The van der Waals surface area contributed by atoms with Crippen LogP contribution in [0.3, 0.4) is 0 Å². The van der Waals surface area contributed by atoms with Crippen molar-refractivity contribution in [3.8, 4) is 17.1 Å². The number of fused-ring (bicyclic) bond motifs is 2. The SMILES string of the molecule is Cc1cc(=O)oc2cc(OCC(=O)N3CCc4c(noc4-c4ccc(Cl)cc4)C3)ccc12. The molecule has 0 atom stereocenters. The van der Waals surface area contributed by atoms with E-state index in [1.807, 2.05) is 25.1 Å². The summed E-state index contributed by atoms with van der Waals surface area (Å²) in [7, 11) is 0. The average Bonchev–Trinajstić information content (AvgIpc) is 3.21. The van der Waals surface area contributed by atoms with E-state index in [1.54, 1.807) is 29.2 Å². The predicted molar refractivity (Wildman–Crippen MR) is 119 cm³/mol. The average molecular weight is 451 g/mol. The summed E-state index contributed by atoms with van der Waals surface area (Å²) >= 11 is 5.97. The van der Waals surface area contributed by atoms with Gasteiger partial charge in [-0.15, -0.1) is 0 Å². The minimum absolute atomic E-state index is 0.126. The zero-order valence-electron chi connectivity index (χ0n) is 17.3. The quantitative estimate of drug-likeness (QED) is 0.429. The minimum atomic E-state index is -0.419. The fourth-order valence-corrected chi connectivity index (χ4v) is 4.03. The molecular formula is C24H19ClN2O5. The Morgan fingerprint density at radius 1 is 1.19 bits per heavy atom. The normalized spacial score (nSPS) is 13.2. The molecule has 0 bridgehead atoms. The lowest BCUT2D eigenvalue weighted by Crippen LogP contribution is -2.38. The van der Waals surface area contributed by atoms with Crippen molar-refractivity contribution in [1.82, 2.24) is 10.1 Å². The zero-order valence-corrected chi connectivity index (χ0v) is 18.0. The van der Waals surface area contributed by atoms with Crippen molar-refractivity contribution in [1.29, 1.82) is 0 Å². The number of benzene rings is 2. The topological polar surface area (TPSA) is 85.8 Å². The summed E-state index contributed by atoms with van der Waals surface area (Å²) in [5, 5.41) is 5.66. The third-order valence-corrected chi connectivity index (χ3v) is 5.84. The Kier molecular flexibility index (Phi) is 5.19. The lowest BCUT2D eigenvalue weighted by atomic mass is 10.0. The second-order valence-electron chi connectivity index (χ2n) is 7.70. The van der Waals surface area contributed by atoms with E-state index >= 15 is 0 Å². The second-order valence-corrected chi connectivity index (χ2v) is 8.14. The van der Waals surface area contributed by atoms with Gasteiger partial charge in [-0.25, -0.2) is 4.79 Å². The second kappa shape index (κ2) is 8.16. The van der Waals surface area contributed by atoms with Crippen LogP contribution in [0.2, 0.25) is 5.02 Å². The van der Waals surface area contributed by atoms with Crippen LogP contribution in [0.5, 0.6) is 5.75 Å². The number of aromatic nitrogens is 1. The Labute approximate surface area is 188 Å². The maximum absolute atomic E-state index is 12.7. The molecule has 1 aliphatic rings. The van der Waals surface area contributed by atoms with Crippen molar-refractivity contribution in [2.24, 2.45) is 0 Å². The highest BCUT2D eigenvalue weighted by atomic mass is 35.5. The maximum atomic E-state index is 12.7. The van der Waals surface area contributed by atoms with Gasteiger partial charge in [0.1, 0.15) is 17.0 Å². The number of halogens is 1. The summed E-state index contributed by atoms with van der Waals surface area (Å²) in [6, 6.07) is 14.0. The summed E-state index contributed by atoms with van der Waals surface area (Å²) in [5.74, 6) is 1.02. The predicted octanol–water partition coefficient (Wildman–Crippen LogP) is 4.37. The van der Waals surface area contributed by atoms with Crippen LogP contribution in [0.25, 0.3) is 22.3 Å². The number of rotatable bonds is 4. The fourth-order valence-electron chi connectivity index (χ4n) is 3.90. The highest BCUT2D eigenvalue weighted by Crippen LogP contribution is 2.31. The smallest absolute Gasteiger partial charge is 0.336 e. The molecule has 0 radical (unpaired) electrons. The van der Waals surface area contributed by atoms with Crippen LogP contribution in [-0.2, 0) is 17.8 Å². The monoisotopic (exact) mass is 450 g/mol. The van der Waals surface area contributed by atoms with Crippen LogP contribution >= 0.6 is 11.6 Å². The van der Waals surface area contributed by atoms with E-state index in [1.165, 1.54) is 6.07 Å². The fraction of sp³-hybridized carbons (Fsp3) is 0.208. The van der Waals surface area contributed by atoms with E-state index < -0.39 is 5.63 Å². The van der Waals surface area contributed by atoms with Gasteiger partial charge in [0.15, 0.2) is 12.4 Å². The molecule has 3 heterocycles. The van der Waals surface area contributed by atoms with Crippen molar-refractivity contribution >= 4 is 28.5 Å². The summed E-state index contributed by atoms with van der Waals surface area (Å²) in [5.41, 5.74) is 3.51. The highest BCUT2D eigenvalue weighted by Gasteiger charge is 2.27. The largest absolute Gasteiger partial charge is 0.484 e. The van der Waals surface area contributed by atoms with Crippen LogP contribution in [0.4, 0.5) is 0 Å². The molecule has 0 unspecified atom stereocenters. The number of carbonyl (C=O) groups is 1. The summed E-state index contributed by atoms with van der Waals surface area (Å²) in [6.07, 6.45) is 0.642. The summed E-state index contributed by atoms with van der Waals surface area (Å²) < 4.78 is 16.5. The van der Waals surface area contributed by atoms with Crippen molar-refractivity contribution in [3.05, 3.63) is 80.8 Å². The number of ether oxygens (including phenoxy) is 1. The van der Waals surface area contributed by atoms with E-state index in [2.05, 4.69) is 5.16 Å². The van der Waals surface area contributed by atoms with Crippen LogP contribution < -0.4 is 10.4 Å². The standard InChI is InChI=1S/C24H19ClN2O5/c1-14-10-23(29)31-21-11-17(6-7-18(14)21)30-13-22(28)27-9-8-19-20(12-27)26-32-24(19)15-2-4-16(25)5-3-15/h2-7,10-11H,8-9,12-13H2,1H3. The Hall–Kier alpha value is -3.58. The first-order valence-electron chi connectivity index (χ1n) is 10.2. The van der Waals surface area contributed by atoms with Crippen molar-refractivity contribution in [2.45, 2.75) is 19.9 Å². The Morgan fingerprint density at radius 2 is 2.00 bits per heavy atom. The molecule has 1 amide bonds. The summed E-state index contributed by atoms with van der Waals surface area (Å²) in [4.78, 5) is 26.0. The van der Waals surface area contributed by atoms with E-state index in [-0.39, 0.29) is 12.5 Å². The Morgan fingerprint density at radius 3 is 2.81 bits per heavy atom. The zero-order chi connectivity index (χ0) is 22.2. The van der Waals surface area contributed by atoms with Gasteiger partial charge in [0, 0.05) is 40.2 Å². The molecule has 2 aromatic carbocycles. The first-order valence-corrected chi connectivity index (χ1v) is 10.5. The minimum Gasteiger partial charge on any atom is -0.484 e. The molecular weight excluding hydrogens is 432 g/mol. The van der Waals surface area contributed by atoms with Gasteiger partial charge in [-0.05, 0) is 55.3 Å². The van der Waals surface area contributed by atoms with Crippen molar-refractivity contribution in [3.63, 3.8) is 0 Å². The van der Waals surface area contributed by atoms with Gasteiger partial charge >= 0.3 is 5.63 Å². The Balaban J connectivity index is 1.26. The lowest BCUT2D eigenvalue weighted by Gasteiger charge is -2.26. The molecule has 8 heteroatoms. The van der Waals surface area contributed by atoms with Gasteiger partial charge in [0.05, 0.1) is 6.54 Å². The van der Waals surface area contributed by atoms with Crippen LogP contribution in [0.15, 0.2) is 62.3 Å². The molecule has 32 heavy (non-hydrogen) atoms. The number of hydrogen-bond donors (Lipinski definition) is 0. The van der Waals surface area contributed by atoms with Gasteiger partial charge in [-0.2, -0.15) is 0 Å². The van der Waals surface area contributed by atoms with E-state index in [9.17, 15) is 9.59 Å². The number of carbonyl (C=O) groups excluding carboxylic acids is 1. The maximum Gasteiger partial charge on any atom is 0.336 e. The molecule has 0 N–H and O–H groups in total. The molecule has 0 aliphatic carbocycles. The third-order valence-electron chi connectivity index (χ3n) is 5.59. The van der Waals surface area contributed by atoms with Gasteiger partial charge < -0.3 is 18.6 Å². The molecule has 5 rings (SSSR count). The first-order chi connectivity index (χ1) is 15.5. The number of amides is 1. The molecule has 162 valence electrons. The molecule has 0 spiro atoms. The molecule has 0 fully saturated rings. The van der Waals surface area contributed by atoms with Crippen molar-refractivity contribution < 1.29 is 18.5 Å². The first kappa shape index (κ1) is 20.3. The van der Waals surface area contributed by atoms with Gasteiger partial charge in [0.25, 0.3) is 5.91 Å². The number of aryl methyl sites for hydroxylation is 1. The molecule has 2 aromatic heterocycles. The molecule has 0 saturated carbocycles. The van der Waals surface area contributed by atoms with Crippen molar-refractivity contribution in [2.75, 3.05) is 13.2 Å². The molecule has 0 saturated heterocycles. The number of hydrogen-bond acceptors (Lipinski definition) is 6. The van der Waals surface area contributed by atoms with Gasteiger partial charge in [0.2, 0.25) is 0 Å². The number of nitrogens with zero attached hydrogens (tertiary/aromatic N) is 2. The molecule has 4 aromatic rings.